The molecule has 1 aliphatic heterocycles. The molecule has 24 heavy (non-hydrogen) atoms. The molecule has 2 atom stereocenters. The summed E-state index contributed by atoms with van der Waals surface area (Å²) in [5.41, 5.74) is 1.07. The molecular formula is C19H23ClN2OS. The van der Waals surface area contributed by atoms with E-state index in [2.05, 4.69) is 24.4 Å². The van der Waals surface area contributed by atoms with E-state index in [0.717, 1.165) is 30.1 Å². The molecule has 2 aromatic rings. The van der Waals surface area contributed by atoms with Crippen LogP contribution in [0.25, 0.3) is 0 Å². The van der Waals surface area contributed by atoms with Crippen molar-refractivity contribution >= 4 is 30.1 Å². The summed E-state index contributed by atoms with van der Waals surface area (Å²) in [6.07, 6.45) is 0. The van der Waals surface area contributed by atoms with E-state index >= 15 is 0 Å². The van der Waals surface area contributed by atoms with Crippen LogP contribution in [0.15, 0.2) is 65.6 Å². The summed E-state index contributed by atoms with van der Waals surface area (Å²) in [5.74, 6) is 0.207. The largest absolute Gasteiger partial charge is 0.339 e. The van der Waals surface area contributed by atoms with Crippen molar-refractivity contribution in [1.29, 1.82) is 0 Å². The summed E-state index contributed by atoms with van der Waals surface area (Å²) in [6, 6.07) is 20.6. The maximum atomic E-state index is 13.1. The summed E-state index contributed by atoms with van der Waals surface area (Å²) < 4.78 is 0. The Morgan fingerprint density at radius 3 is 2.38 bits per heavy atom. The second kappa shape index (κ2) is 9.11. The highest BCUT2D eigenvalue weighted by Gasteiger charge is 2.29. The van der Waals surface area contributed by atoms with E-state index in [1.807, 2.05) is 53.4 Å². The summed E-state index contributed by atoms with van der Waals surface area (Å²) in [7, 11) is 0. The third-order valence-electron chi connectivity index (χ3n) is 4.00. The first kappa shape index (κ1) is 18.8. The first-order valence-corrected chi connectivity index (χ1v) is 8.91. The Bertz CT molecular complexity index is 638. The van der Waals surface area contributed by atoms with E-state index < -0.39 is 0 Å². The van der Waals surface area contributed by atoms with Crippen molar-refractivity contribution in [2.24, 2.45) is 0 Å². The van der Waals surface area contributed by atoms with Crippen molar-refractivity contribution in [3.05, 3.63) is 66.2 Å². The number of carbonyl (C=O) groups excluding carboxylic acids is 1. The van der Waals surface area contributed by atoms with Gasteiger partial charge in [0.1, 0.15) is 5.25 Å². The number of hydrogen-bond acceptors (Lipinski definition) is 3. The van der Waals surface area contributed by atoms with Crippen LogP contribution in [-0.4, -0.2) is 36.5 Å². The van der Waals surface area contributed by atoms with Crippen LogP contribution in [-0.2, 0) is 4.79 Å². The molecule has 0 aromatic heterocycles. The summed E-state index contributed by atoms with van der Waals surface area (Å²) >= 11 is 1.63. The van der Waals surface area contributed by atoms with Gasteiger partial charge < -0.3 is 10.2 Å². The minimum absolute atomic E-state index is 0. The van der Waals surface area contributed by atoms with E-state index in [0.29, 0.717) is 6.04 Å². The van der Waals surface area contributed by atoms with Gasteiger partial charge in [-0.05, 0) is 24.6 Å². The highest BCUT2D eigenvalue weighted by atomic mass is 35.5. The lowest BCUT2D eigenvalue weighted by Crippen LogP contribution is -2.52. The van der Waals surface area contributed by atoms with Gasteiger partial charge in [0.2, 0.25) is 5.91 Å². The standard InChI is InChI=1S/C19H22N2OS.ClH/c1-15-14-21(13-12-20-15)19(22)18(16-8-4-2-5-9-16)23-17-10-6-3-7-11-17;/h2-11,15,18,20H,12-14H2,1H3;1H. The molecule has 3 nitrogen and oxygen atoms in total. The quantitative estimate of drug-likeness (QED) is 0.840. The van der Waals surface area contributed by atoms with Gasteiger partial charge in [0, 0.05) is 30.6 Å². The van der Waals surface area contributed by atoms with Crippen molar-refractivity contribution in [2.75, 3.05) is 19.6 Å². The van der Waals surface area contributed by atoms with Gasteiger partial charge >= 0.3 is 0 Å². The normalized spacial score (nSPS) is 18.5. The van der Waals surface area contributed by atoms with Crippen molar-refractivity contribution < 1.29 is 4.79 Å². The Labute approximate surface area is 154 Å². The van der Waals surface area contributed by atoms with Crippen molar-refractivity contribution in [3.8, 4) is 0 Å². The fourth-order valence-corrected chi connectivity index (χ4v) is 3.95. The summed E-state index contributed by atoms with van der Waals surface area (Å²) in [6.45, 7) is 4.55. The number of amides is 1. The average molecular weight is 363 g/mol. The van der Waals surface area contributed by atoms with Gasteiger partial charge in [-0.15, -0.1) is 24.2 Å². The highest BCUT2D eigenvalue weighted by Crippen LogP contribution is 2.36. The second-order valence-electron chi connectivity index (χ2n) is 5.86. The molecule has 1 aliphatic rings. The van der Waals surface area contributed by atoms with Gasteiger partial charge in [-0.25, -0.2) is 0 Å². The number of benzene rings is 2. The first-order chi connectivity index (χ1) is 11.2. The van der Waals surface area contributed by atoms with Gasteiger partial charge in [0.15, 0.2) is 0 Å². The van der Waals surface area contributed by atoms with Gasteiger partial charge in [-0.2, -0.15) is 0 Å². The van der Waals surface area contributed by atoms with Crippen LogP contribution in [0.2, 0.25) is 0 Å². The van der Waals surface area contributed by atoms with Gasteiger partial charge in [0.25, 0.3) is 0 Å². The number of halogens is 1. The number of hydrogen-bond donors (Lipinski definition) is 1. The SMILES string of the molecule is CC1CN(C(=O)C(Sc2ccccc2)c2ccccc2)CCN1.Cl. The molecule has 1 fully saturated rings. The van der Waals surface area contributed by atoms with Crippen molar-refractivity contribution in [1.82, 2.24) is 10.2 Å². The Kier molecular flexibility index (Phi) is 7.16. The predicted molar refractivity (Wildman–Crippen MR) is 103 cm³/mol. The fourth-order valence-electron chi connectivity index (χ4n) is 2.82. The van der Waals surface area contributed by atoms with E-state index in [9.17, 15) is 4.79 Å². The predicted octanol–water partition coefficient (Wildman–Crippen LogP) is 3.76. The molecule has 1 saturated heterocycles. The molecule has 0 spiro atoms. The molecule has 1 heterocycles. The van der Waals surface area contributed by atoms with Crippen LogP contribution in [0.5, 0.6) is 0 Å². The third-order valence-corrected chi connectivity index (χ3v) is 5.26. The smallest absolute Gasteiger partial charge is 0.240 e. The summed E-state index contributed by atoms with van der Waals surface area (Å²) in [4.78, 5) is 16.2. The molecule has 2 unspecified atom stereocenters. The summed E-state index contributed by atoms with van der Waals surface area (Å²) in [5, 5.41) is 3.20. The molecule has 0 aliphatic carbocycles. The number of carbonyl (C=O) groups is 1. The number of rotatable bonds is 4. The monoisotopic (exact) mass is 362 g/mol. The van der Waals surface area contributed by atoms with Crippen molar-refractivity contribution in [3.63, 3.8) is 0 Å². The Balaban J connectivity index is 0.00000208. The highest BCUT2D eigenvalue weighted by molar-refractivity contribution is 8.00. The van der Waals surface area contributed by atoms with Crippen LogP contribution < -0.4 is 5.32 Å². The molecule has 2 aromatic carbocycles. The average Bonchev–Trinajstić information content (AvgIpc) is 2.61. The second-order valence-corrected chi connectivity index (χ2v) is 7.04. The lowest BCUT2D eigenvalue weighted by Gasteiger charge is -2.34. The van der Waals surface area contributed by atoms with Gasteiger partial charge in [0.05, 0.1) is 0 Å². The maximum absolute atomic E-state index is 13.1. The van der Waals surface area contributed by atoms with E-state index in [4.69, 9.17) is 0 Å². The van der Waals surface area contributed by atoms with Crippen LogP contribution in [0, 0.1) is 0 Å². The van der Waals surface area contributed by atoms with Gasteiger partial charge in [-0.1, -0.05) is 48.5 Å². The Morgan fingerprint density at radius 1 is 1.12 bits per heavy atom. The number of piperazine rings is 1. The maximum Gasteiger partial charge on any atom is 0.240 e. The van der Waals surface area contributed by atoms with Gasteiger partial charge in [-0.3, -0.25) is 4.79 Å². The zero-order valence-electron chi connectivity index (χ0n) is 13.7. The molecule has 0 saturated carbocycles. The van der Waals surface area contributed by atoms with Crippen LogP contribution in [0.3, 0.4) is 0 Å². The minimum atomic E-state index is -0.191. The van der Waals surface area contributed by atoms with Crippen LogP contribution in [0.1, 0.15) is 17.7 Å². The molecule has 5 heteroatoms. The molecule has 1 amide bonds. The number of nitrogens with zero attached hydrogens (tertiary/aromatic N) is 1. The van der Waals surface area contributed by atoms with E-state index in [1.54, 1.807) is 11.8 Å². The van der Waals surface area contributed by atoms with E-state index in [1.165, 1.54) is 0 Å². The first-order valence-electron chi connectivity index (χ1n) is 8.03. The van der Waals surface area contributed by atoms with Crippen LogP contribution >= 0.6 is 24.2 Å². The van der Waals surface area contributed by atoms with E-state index in [-0.39, 0.29) is 23.6 Å². The molecule has 128 valence electrons. The molecule has 1 N–H and O–H groups in total. The Morgan fingerprint density at radius 2 is 1.75 bits per heavy atom. The van der Waals surface area contributed by atoms with Crippen LogP contribution in [0.4, 0.5) is 0 Å². The minimum Gasteiger partial charge on any atom is -0.339 e. The third kappa shape index (κ3) is 4.76. The molecule has 0 bridgehead atoms. The zero-order chi connectivity index (χ0) is 16.1. The molecule has 3 rings (SSSR count). The zero-order valence-corrected chi connectivity index (χ0v) is 15.4. The lowest BCUT2D eigenvalue weighted by atomic mass is 10.1. The lowest BCUT2D eigenvalue weighted by molar-refractivity contribution is -0.131. The number of nitrogens with one attached hydrogen (secondary N) is 1. The fraction of sp³-hybridized carbons (Fsp3) is 0.316. The Hall–Kier alpha value is -1.49. The molecular weight excluding hydrogens is 340 g/mol. The topological polar surface area (TPSA) is 32.3 Å². The van der Waals surface area contributed by atoms with Crippen molar-refractivity contribution in [2.45, 2.75) is 23.1 Å². The molecule has 0 radical (unpaired) electrons. The number of thioether (sulfide) groups is 1.